The van der Waals surface area contributed by atoms with E-state index in [1.54, 1.807) is 32.0 Å². The number of aliphatic hydroxyl groups is 1. The summed E-state index contributed by atoms with van der Waals surface area (Å²) in [5.41, 5.74) is 0.688. The molecule has 0 aliphatic heterocycles. The molecule has 0 atom stereocenters. The minimum absolute atomic E-state index is 0.0751. The summed E-state index contributed by atoms with van der Waals surface area (Å²) in [5, 5.41) is 14.2. The molecule has 20 heavy (non-hydrogen) atoms. The molecule has 2 rings (SSSR count). The Morgan fingerprint density at radius 2 is 2.10 bits per heavy atom. The molecule has 1 amide bonds. The Hall–Kier alpha value is -1.36. The van der Waals surface area contributed by atoms with E-state index in [1.807, 2.05) is 11.6 Å². The lowest BCUT2D eigenvalue weighted by molar-refractivity contribution is 0.0367. The lowest BCUT2D eigenvalue weighted by Gasteiger charge is -2.25. The summed E-state index contributed by atoms with van der Waals surface area (Å²) in [6.45, 7) is 5.66. The van der Waals surface area contributed by atoms with Crippen molar-refractivity contribution in [2.24, 2.45) is 0 Å². The van der Waals surface area contributed by atoms with Crippen LogP contribution in [0.25, 0.3) is 0 Å². The summed E-state index contributed by atoms with van der Waals surface area (Å²) in [5.74, 6) is -0.0751. The lowest BCUT2D eigenvalue weighted by atomic mass is 10.1. The van der Waals surface area contributed by atoms with Gasteiger partial charge in [0.05, 0.1) is 23.4 Å². The van der Waals surface area contributed by atoms with Gasteiger partial charge in [-0.25, -0.2) is 0 Å². The second-order valence-corrected chi connectivity index (χ2v) is 6.50. The molecule has 1 aliphatic carbocycles. The third-order valence-corrected chi connectivity index (χ3v) is 3.92. The van der Waals surface area contributed by atoms with Crippen molar-refractivity contribution in [1.82, 2.24) is 14.7 Å². The van der Waals surface area contributed by atoms with Gasteiger partial charge in [-0.15, -0.1) is 0 Å². The Bertz CT molecular complexity index is 482. The van der Waals surface area contributed by atoms with Crippen LogP contribution in [0.4, 0.5) is 0 Å². The molecular weight excluding hydrogens is 254 g/mol. The Balaban J connectivity index is 2.14. The first-order chi connectivity index (χ1) is 9.29. The normalized spacial score (nSPS) is 16.6. The molecule has 1 fully saturated rings. The maximum absolute atomic E-state index is 12.4. The van der Waals surface area contributed by atoms with Crippen LogP contribution in [0.2, 0.25) is 0 Å². The van der Waals surface area contributed by atoms with Crippen LogP contribution >= 0.6 is 0 Å². The lowest BCUT2D eigenvalue weighted by Crippen LogP contribution is -2.39. The van der Waals surface area contributed by atoms with Crippen molar-refractivity contribution < 1.29 is 9.90 Å². The summed E-state index contributed by atoms with van der Waals surface area (Å²) in [6, 6.07) is 0.441. The van der Waals surface area contributed by atoms with Crippen LogP contribution in [-0.2, 0) is 0 Å². The molecule has 1 aromatic heterocycles. The van der Waals surface area contributed by atoms with Gasteiger partial charge in [-0.05, 0) is 33.6 Å². The SMILES string of the molecule is Cc1c(C(=O)N(C)CC(C)(C)O)cnn1C1CCCC1. The molecule has 1 heterocycles. The summed E-state index contributed by atoms with van der Waals surface area (Å²) < 4.78 is 2.00. The van der Waals surface area contributed by atoms with Crippen LogP contribution in [0, 0.1) is 6.92 Å². The Kier molecular flexibility index (Phi) is 4.18. The molecule has 5 nitrogen and oxygen atoms in total. The Labute approximate surface area is 120 Å². The zero-order chi connectivity index (χ0) is 14.9. The van der Waals surface area contributed by atoms with E-state index < -0.39 is 5.60 Å². The summed E-state index contributed by atoms with van der Waals surface area (Å²) >= 11 is 0. The monoisotopic (exact) mass is 279 g/mol. The molecule has 5 heteroatoms. The fraction of sp³-hybridized carbons (Fsp3) is 0.733. The van der Waals surface area contributed by atoms with Gasteiger partial charge in [-0.2, -0.15) is 5.10 Å². The molecule has 1 aliphatic rings. The molecule has 112 valence electrons. The second kappa shape index (κ2) is 5.56. The van der Waals surface area contributed by atoms with Gasteiger partial charge in [0.25, 0.3) is 5.91 Å². The molecule has 1 N–H and O–H groups in total. The maximum atomic E-state index is 12.4. The van der Waals surface area contributed by atoms with E-state index in [-0.39, 0.29) is 5.91 Å². The number of nitrogens with zero attached hydrogens (tertiary/aromatic N) is 3. The van der Waals surface area contributed by atoms with E-state index in [1.165, 1.54) is 12.8 Å². The first-order valence-corrected chi connectivity index (χ1v) is 7.31. The van der Waals surface area contributed by atoms with E-state index in [0.717, 1.165) is 18.5 Å². The van der Waals surface area contributed by atoms with Crippen molar-refractivity contribution in [3.05, 3.63) is 17.5 Å². The predicted octanol–water partition coefficient (Wildman–Crippen LogP) is 2.15. The topological polar surface area (TPSA) is 58.4 Å². The van der Waals surface area contributed by atoms with Gasteiger partial charge in [0, 0.05) is 19.3 Å². The van der Waals surface area contributed by atoms with Crippen molar-refractivity contribution >= 4 is 5.91 Å². The molecule has 0 bridgehead atoms. The Morgan fingerprint density at radius 3 is 2.65 bits per heavy atom. The standard InChI is InChI=1S/C15H25N3O2/c1-11-13(14(19)17(4)10-15(2,3)20)9-16-18(11)12-7-5-6-8-12/h9,12,20H,5-8,10H2,1-4H3. The van der Waals surface area contributed by atoms with Gasteiger partial charge >= 0.3 is 0 Å². The highest BCUT2D eigenvalue weighted by atomic mass is 16.3. The highest BCUT2D eigenvalue weighted by molar-refractivity contribution is 5.94. The van der Waals surface area contributed by atoms with Crippen molar-refractivity contribution in [1.29, 1.82) is 0 Å². The quantitative estimate of drug-likeness (QED) is 0.918. The first-order valence-electron chi connectivity index (χ1n) is 7.31. The predicted molar refractivity (Wildman–Crippen MR) is 77.7 cm³/mol. The molecule has 1 saturated carbocycles. The average Bonchev–Trinajstić information content (AvgIpc) is 2.94. The number of likely N-dealkylation sites (N-methyl/N-ethyl adjacent to an activating group) is 1. The molecule has 0 spiro atoms. The third kappa shape index (κ3) is 3.20. The van der Waals surface area contributed by atoms with Gasteiger partial charge in [0.2, 0.25) is 0 Å². The number of hydrogen-bond acceptors (Lipinski definition) is 3. The first kappa shape index (κ1) is 15.0. The zero-order valence-electron chi connectivity index (χ0n) is 12.9. The maximum Gasteiger partial charge on any atom is 0.257 e. The van der Waals surface area contributed by atoms with Gasteiger partial charge in [-0.3, -0.25) is 9.48 Å². The van der Waals surface area contributed by atoms with E-state index >= 15 is 0 Å². The summed E-state index contributed by atoms with van der Waals surface area (Å²) in [7, 11) is 1.71. The second-order valence-electron chi connectivity index (χ2n) is 6.50. The molecule has 0 saturated heterocycles. The highest BCUT2D eigenvalue weighted by Gasteiger charge is 2.26. The van der Waals surface area contributed by atoms with Crippen molar-refractivity contribution in [2.75, 3.05) is 13.6 Å². The average molecular weight is 279 g/mol. The minimum atomic E-state index is -0.889. The van der Waals surface area contributed by atoms with Crippen LogP contribution in [0.15, 0.2) is 6.20 Å². The number of rotatable bonds is 4. The number of carbonyl (C=O) groups excluding carboxylic acids is 1. The number of carbonyl (C=O) groups is 1. The molecule has 0 unspecified atom stereocenters. The fourth-order valence-electron chi connectivity index (χ4n) is 3.01. The van der Waals surface area contributed by atoms with Gasteiger partial charge in [0.15, 0.2) is 0 Å². The third-order valence-electron chi connectivity index (χ3n) is 3.92. The highest BCUT2D eigenvalue weighted by Crippen LogP contribution is 2.30. The molecule has 0 aromatic carbocycles. The fourth-order valence-corrected chi connectivity index (χ4v) is 3.01. The van der Waals surface area contributed by atoms with Crippen molar-refractivity contribution in [2.45, 2.75) is 58.1 Å². The summed E-state index contributed by atoms with van der Waals surface area (Å²) in [6.07, 6.45) is 6.44. The number of amides is 1. The van der Waals surface area contributed by atoms with Crippen LogP contribution < -0.4 is 0 Å². The zero-order valence-corrected chi connectivity index (χ0v) is 12.9. The molecular formula is C15H25N3O2. The molecule has 1 aromatic rings. The van der Waals surface area contributed by atoms with Gasteiger partial charge in [0.1, 0.15) is 0 Å². The van der Waals surface area contributed by atoms with E-state index in [4.69, 9.17) is 0 Å². The van der Waals surface area contributed by atoms with Crippen LogP contribution in [0.1, 0.15) is 61.6 Å². The number of aromatic nitrogens is 2. The van der Waals surface area contributed by atoms with Gasteiger partial charge < -0.3 is 10.0 Å². The van der Waals surface area contributed by atoms with Crippen molar-refractivity contribution in [3.63, 3.8) is 0 Å². The smallest absolute Gasteiger partial charge is 0.257 e. The van der Waals surface area contributed by atoms with Crippen LogP contribution in [0.5, 0.6) is 0 Å². The molecule has 0 radical (unpaired) electrons. The van der Waals surface area contributed by atoms with E-state index in [2.05, 4.69) is 5.10 Å². The van der Waals surface area contributed by atoms with Gasteiger partial charge in [-0.1, -0.05) is 12.8 Å². The van der Waals surface area contributed by atoms with Crippen LogP contribution in [-0.4, -0.2) is 44.9 Å². The van der Waals surface area contributed by atoms with Crippen LogP contribution in [0.3, 0.4) is 0 Å². The summed E-state index contributed by atoms with van der Waals surface area (Å²) in [4.78, 5) is 14.0. The van der Waals surface area contributed by atoms with Crippen molar-refractivity contribution in [3.8, 4) is 0 Å². The minimum Gasteiger partial charge on any atom is -0.389 e. The Morgan fingerprint density at radius 1 is 1.50 bits per heavy atom. The largest absolute Gasteiger partial charge is 0.389 e. The van der Waals surface area contributed by atoms with E-state index in [0.29, 0.717) is 18.2 Å². The number of hydrogen-bond donors (Lipinski definition) is 1. The van der Waals surface area contributed by atoms with E-state index in [9.17, 15) is 9.90 Å².